The van der Waals surface area contributed by atoms with Gasteiger partial charge in [0.05, 0.1) is 17.7 Å². The first kappa shape index (κ1) is 25.5. The molecule has 0 bridgehead atoms. The summed E-state index contributed by atoms with van der Waals surface area (Å²) in [6.45, 7) is 10.9. The molecule has 9 heteroatoms. The third-order valence-corrected chi connectivity index (χ3v) is 4.65. The Hall–Kier alpha value is -2.74. The van der Waals surface area contributed by atoms with Gasteiger partial charge in [-0.3, -0.25) is 4.79 Å². The molecule has 32 heavy (non-hydrogen) atoms. The average Bonchev–Trinajstić information content (AvgIpc) is 2.68. The van der Waals surface area contributed by atoms with E-state index < -0.39 is 22.8 Å². The molecule has 0 amide bonds. The molecule has 2 aromatic rings. The van der Waals surface area contributed by atoms with E-state index in [1.165, 1.54) is 24.3 Å². The van der Waals surface area contributed by atoms with Gasteiger partial charge in [-0.25, -0.2) is 9.18 Å². The third-order valence-electron chi connectivity index (χ3n) is 4.42. The molecular weight excluding hydrogens is 437 g/mol. The summed E-state index contributed by atoms with van der Waals surface area (Å²) in [5.41, 5.74) is -1.31. The van der Waals surface area contributed by atoms with Crippen molar-refractivity contribution in [3.63, 3.8) is 0 Å². The maximum atomic E-state index is 14.4. The number of anilines is 1. The Balaban J connectivity index is 2.53. The van der Waals surface area contributed by atoms with Crippen LogP contribution in [0.25, 0.3) is 11.3 Å². The van der Waals surface area contributed by atoms with Crippen molar-refractivity contribution >= 4 is 29.4 Å². The molecule has 0 atom stereocenters. The summed E-state index contributed by atoms with van der Waals surface area (Å²) in [5.74, 6) is -1.38. The number of carbonyl (C=O) groups excluding carboxylic acids is 2. The highest BCUT2D eigenvalue weighted by atomic mass is 35.5. The van der Waals surface area contributed by atoms with Gasteiger partial charge in [-0.05, 0) is 65.8 Å². The number of nitrogens with zero attached hydrogens (tertiary/aromatic N) is 3. The Morgan fingerprint density at radius 3 is 2.38 bits per heavy atom. The minimum Gasteiger partial charge on any atom is -0.466 e. The predicted molar refractivity (Wildman–Crippen MR) is 121 cm³/mol. The quantitative estimate of drug-likeness (QED) is 0.537. The van der Waals surface area contributed by atoms with Crippen molar-refractivity contribution in [3.8, 4) is 11.3 Å². The predicted octanol–water partition coefficient (Wildman–Crippen LogP) is 4.92. The second-order valence-corrected chi connectivity index (χ2v) is 9.49. The van der Waals surface area contributed by atoms with E-state index in [9.17, 15) is 14.0 Å². The Labute approximate surface area is 192 Å². The molecule has 0 saturated heterocycles. The van der Waals surface area contributed by atoms with Crippen molar-refractivity contribution in [1.82, 2.24) is 10.2 Å². The van der Waals surface area contributed by atoms with Gasteiger partial charge in [-0.15, -0.1) is 10.2 Å². The SMILES string of the molecule is CCOC(=O)C(C)(C)CN(C)c1nnc(-c2cc(Cl)ccc2F)cc1C(=O)OC(C)(C)C. The molecule has 7 nitrogen and oxygen atoms in total. The van der Waals surface area contributed by atoms with Gasteiger partial charge in [0.25, 0.3) is 0 Å². The summed E-state index contributed by atoms with van der Waals surface area (Å²) in [4.78, 5) is 26.9. The van der Waals surface area contributed by atoms with Crippen molar-refractivity contribution in [2.24, 2.45) is 5.41 Å². The minimum atomic E-state index is -0.880. The fourth-order valence-electron chi connectivity index (χ4n) is 3.03. The molecule has 0 aliphatic carbocycles. The fraction of sp³-hybridized carbons (Fsp3) is 0.478. The Morgan fingerprint density at radius 2 is 1.78 bits per heavy atom. The fourth-order valence-corrected chi connectivity index (χ4v) is 3.21. The lowest BCUT2D eigenvalue weighted by Crippen LogP contribution is -2.39. The maximum Gasteiger partial charge on any atom is 0.342 e. The summed E-state index contributed by atoms with van der Waals surface area (Å²) in [7, 11) is 1.68. The van der Waals surface area contributed by atoms with E-state index in [1.54, 1.807) is 53.5 Å². The van der Waals surface area contributed by atoms with Crippen LogP contribution in [0.5, 0.6) is 0 Å². The molecule has 0 spiro atoms. The van der Waals surface area contributed by atoms with E-state index in [0.29, 0.717) is 5.02 Å². The first-order valence-electron chi connectivity index (χ1n) is 10.2. The van der Waals surface area contributed by atoms with E-state index in [4.69, 9.17) is 21.1 Å². The Kier molecular flexibility index (Phi) is 7.83. The summed E-state index contributed by atoms with van der Waals surface area (Å²) in [5, 5.41) is 8.61. The van der Waals surface area contributed by atoms with Crippen molar-refractivity contribution < 1.29 is 23.5 Å². The highest BCUT2D eigenvalue weighted by molar-refractivity contribution is 6.30. The second-order valence-electron chi connectivity index (χ2n) is 9.05. The maximum absolute atomic E-state index is 14.4. The number of hydrogen-bond donors (Lipinski definition) is 0. The van der Waals surface area contributed by atoms with Crippen LogP contribution in [0.4, 0.5) is 10.2 Å². The first-order valence-corrected chi connectivity index (χ1v) is 10.6. The second kappa shape index (κ2) is 9.81. The zero-order valence-corrected chi connectivity index (χ0v) is 20.2. The number of ether oxygens (including phenoxy) is 2. The molecule has 0 radical (unpaired) electrons. The Bertz CT molecular complexity index is 1010. The van der Waals surface area contributed by atoms with E-state index in [-0.39, 0.29) is 41.8 Å². The van der Waals surface area contributed by atoms with Crippen LogP contribution in [0, 0.1) is 11.2 Å². The van der Waals surface area contributed by atoms with Gasteiger partial charge in [0.15, 0.2) is 5.82 Å². The average molecular weight is 466 g/mol. The monoisotopic (exact) mass is 465 g/mol. The summed E-state index contributed by atoms with van der Waals surface area (Å²) < 4.78 is 25.1. The number of benzene rings is 1. The van der Waals surface area contributed by atoms with Crippen LogP contribution < -0.4 is 4.90 Å². The molecule has 0 aliphatic rings. The highest BCUT2D eigenvalue weighted by Crippen LogP contribution is 2.30. The number of rotatable bonds is 7. The number of carbonyl (C=O) groups is 2. The zero-order chi connectivity index (χ0) is 24.3. The van der Waals surface area contributed by atoms with Gasteiger partial charge < -0.3 is 14.4 Å². The van der Waals surface area contributed by atoms with Gasteiger partial charge >= 0.3 is 11.9 Å². The van der Waals surface area contributed by atoms with Crippen LogP contribution >= 0.6 is 11.6 Å². The lowest BCUT2D eigenvalue weighted by Gasteiger charge is -2.30. The molecule has 0 N–H and O–H groups in total. The van der Waals surface area contributed by atoms with Crippen LogP contribution in [-0.2, 0) is 14.3 Å². The molecule has 1 heterocycles. The van der Waals surface area contributed by atoms with Crippen LogP contribution in [0.2, 0.25) is 5.02 Å². The van der Waals surface area contributed by atoms with Gasteiger partial charge in [0.1, 0.15) is 17.0 Å². The zero-order valence-electron chi connectivity index (χ0n) is 19.5. The van der Waals surface area contributed by atoms with Crippen molar-refractivity contribution in [1.29, 1.82) is 0 Å². The lowest BCUT2D eigenvalue weighted by molar-refractivity contribution is -0.152. The Morgan fingerprint density at radius 1 is 1.12 bits per heavy atom. The third kappa shape index (κ3) is 6.38. The minimum absolute atomic E-state index is 0.0893. The standard InChI is InChI=1S/C23H29ClFN3O4/c1-8-31-21(30)23(5,6)13-28(7)19-16(20(29)32-22(2,3)4)12-18(26-27-19)15-11-14(24)9-10-17(15)25/h9-12H,8,13H2,1-7H3. The van der Waals surface area contributed by atoms with E-state index in [1.807, 2.05) is 0 Å². The van der Waals surface area contributed by atoms with Crippen LogP contribution in [0.3, 0.4) is 0 Å². The molecule has 0 fully saturated rings. The van der Waals surface area contributed by atoms with E-state index in [0.717, 1.165) is 0 Å². The summed E-state index contributed by atoms with van der Waals surface area (Å²) >= 11 is 6.01. The number of esters is 2. The van der Waals surface area contributed by atoms with Gasteiger partial charge in [0, 0.05) is 24.2 Å². The van der Waals surface area contributed by atoms with Crippen LogP contribution in [0.1, 0.15) is 51.9 Å². The van der Waals surface area contributed by atoms with Crippen molar-refractivity contribution in [3.05, 3.63) is 40.7 Å². The normalized spacial score (nSPS) is 11.8. The van der Waals surface area contributed by atoms with E-state index >= 15 is 0 Å². The molecule has 0 saturated carbocycles. The van der Waals surface area contributed by atoms with Crippen LogP contribution in [0.15, 0.2) is 24.3 Å². The highest BCUT2D eigenvalue weighted by Gasteiger charge is 2.33. The molecule has 0 unspecified atom stereocenters. The van der Waals surface area contributed by atoms with E-state index in [2.05, 4.69) is 10.2 Å². The van der Waals surface area contributed by atoms with Gasteiger partial charge in [0.2, 0.25) is 0 Å². The number of aromatic nitrogens is 2. The molecule has 0 aliphatic heterocycles. The first-order chi connectivity index (χ1) is 14.7. The molecule has 1 aromatic heterocycles. The molecule has 1 aromatic carbocycles. The lowest BCUT2D eigenvalue weighted by atomic mass is 9.93. The molecular formula is C23H29ClFN3O4. The summed E-state index contributed by atoms with van der Waals surface area (Å²) in [6.07, 6.45) is 0. The van der Waals surface area contributed by atoms with Gasteiger partial charge in [-0.1, -0.05) is 11.6 Å². The molecule has 2 rings (SSSR count). The largest absolute Gasteiger partial charge is 0.466 e. The number of hydrogen-bond acceptors (Lipinski definition) is 7. The molecule has 174 valence electrons. The summed E-state index contributed by atoms with van der Waals surface area (Å²) in [6, 6.07) is 5.46. The van der Waals surface area contributed by atoms with Crippen LogP contribution in [-0.4, -0.2) is 47.9 Å². The topological polar surface area (TPSA) is 81.6 Å². The van der Waals surface area contributed by atoms with Gasteiger partial charge in [-0.2, -0.15) is 0 Å². The van der Waals surface area contributed by atoms with Crippen molar-refractivity contribution in [2.75, 3.05) is 25.1 Å². The smallest absolute Gasteiger partial charge is 0.342 e. The van der Waals surface area contributed by atoms with Crippen molar-refractivity contribution in [2.45, 2.75) is 47.1 Å². The number of halogens is 2.